The average molecular weight is 497 g/mol. The molecule has 0 N–H and O–H groups in total. The zero-order valence-corrected chi connectivity index (χ0v) is 19.7. The first-order valence-corrected chi connectivity index (χ1v) is 12.6. The van der Waals surface area contributed by atoms with Crippen LogP contribution in [0.5, 0.6) is 0 Å². The van der Waals surface area contributed by atoms with Crippen molar-refractivity contribution < 1.29 is 4.79 Å². The van der Waals surface area contributed by atoms with Crippen molar-refractivity contribution >= 4 is 57.0 Å². The zero-order chi connectivity index (χ0) is 19.9. The molecular formula is C22H23BrClNOS2. The molecule has 28 heavy (non-hydrogen) atoms. The fraction of sp³-hybridized carbons (Fsp3) is 0.318. The number of thioether (sulfide) groups is 2. The van der Waals surface area contributed by atoms with E-state index in [1.54, 1.807) is 11.8 Å². The van der Waals surface area contributed by atoms with Crippen molar-refractivity contribution in [2.45, 2.75) is 41.8 Å². The van der Waals surface area contributed by atoms with Crippen molar-refractivity contribution in [1.82, 2.24) is 4.90 Å². The van der Waals surface area contributed by atoms with Crippen LogP contribution in [0.15, 0.2) is 74.6 Å². The van der Waals surface area contributed by atoms with Gasteiger partial charge < -0.3 is 4.90 Å². The van der Waals surface area contributed by atoms with E-state index in [-0.39, 0.29) is 5.91 Å². The van der Waals surface area contributed by atoms with Crippen molar-refractivity contribution in [3.05, 3.63) is 75.2 Å². The van der Waals surface area contributed by atoms with E-state index in [9.17, 15) is 4.79 Å². The van der Waals surface area contributed by atoms with Crippen molar-refractivity contribution in [3.8, 4) is 0 Å². The van der Waals surface area contributed by atoms with Gasteiger partial charge in [-0.25, -0.2) is 0 Å². The average Bonchev–Trinajstić information content (AvgIpc) is 2.73. The molecule has 2 aromatic rings. The minimum Gasteiger partial charge on any atom is -0.309 e. The summed E-state index contributed by atoms with van der Waals surface area (Å²) >= 11 is 13.2. The molecule has 0 heterocycles. The number of rotatable bonds is 7. The first-order valence-electron chi connectivity index (χ1n) is 9.26. The standard InChI is InChI=1S/C22H23BrClNOS2/c1-27-21(24)22(26)25(15-16-9-5-6-12-18(16)23)19-13-7-8-14-20(19)28-17-10-3-2-4-11-17/h2-6,9-12,21H,7-8,13-15H2,1H3. The Morgan fingerprint density at radius 1 is 1.11 bits per heavy atom. The predicted molar refractivity (Wildman–Crippen MR) is 126 cm³/mol. The molecule has 3 rings (SSSR count). The molecule has 0 saturated heterocycles. The number of hydrogen-bond acceptors (Lipinski definition) is 3. The SMILES string of the molecule is CSC(Cl)C(=O)N(Cc1ccccc1Br)C1=C(Sc2ccccc2)CCCC1. The Labute approximate surface area is 189 Å². The van der Waals surface area contributed by atoms with E-state index in [0.29, 0.717) is 6.54 Å². The van der Waals surface area contributed by atoms with Crippen LogP contribution in [0, 0.1) is 0 Å². The van der Waals surface area contributed by atoms with E-state index in [0.717, 1.165) is 41.4 Å². The Hall–Kier alpha value is -0.880. The van der Waals surface area contributed by atoms with E-state index < -0.39 is 4.71 Å². The van der Waals surface area contributed by atoms with Crippen molar-refractivity contribution in [1.29, 1.82) is 0 Å². The molecule has 0 bridgehead atoms. The fourth-order valence-electron chi connectivity index (χ4n) is 3.21. The Kier molecular flexibility index (Phi) is 8.39. The number of allylic oxidation sites excluding steroid dienone is 2. The second kappa shape index (κ2) is 10.8. The smallest absolute Gasteiger partial charge is 0.255 e. The summed E-state index contributed by atoms with van der Waals surface area (Å²) in [5.41, 5.74) is 2.21. The summed E-state index contributed by atoms with van der Waals surface area (Å²) in [6, 6.07) is 18.4. The molecule has 148 valence electrons. The summed E-state index contributed by atoms with van der Waals surface area (Å²) < 4.78 is 0.427. The van der Waals surface area contributed by atoms with Crippen LogP contribution < -0.4 is 0 Å². The molecular weight excluding hydrogens is 474 g/mol. The lowest BCUT2D eigenvalue weighted by Gasteiger charge is -2.32. The third kappa shape index (κ3) is 5.59. The minimum absolute atomic E-state index is 0.0343. The lowest BCUT2D eigenvalue weighted by Crippen LogP contribution is -2.36. The molecule has 0 saturated carbocycles. The van der Waals surface area contributed by atoms with Gasteiger partial charge in [0.05, 0.1) is 6.54 Å². The number of carbonyl (C=O) groups is 1. The number of carbonyl (C=O) groups excluding carboxylic acids is 1. The molecule has 1 unspecified atom stereocenters. The van der Waals surface area contributed by atoms with Gasteiger partial charge in [0.1, 0.15) is 0 Å². The second-order valence-corrected chi connectivity index (χ2v) is 10.2. The number of alkyl halides is 1. The van der Waals surface area contributed by atoms with Gasteiger partial charge >= 0.3 is 0 Å². The van der Waals surface area contributed by atoms with Gasteiger partial charge in [-0.2, -0.15) is 0 Å². The van der Waals surface area contributed by atoms with E-state index in [4.69, 9.17) is 11.6 Å². The summed E-state index contributed by atoms with van der Waals surface area (Å²) in [5.74, 6) is -0.0343. The van der Waals surface area contributed by atoms with E-state index >= 15 is 0 Å². The Morgan fingerprint density at radius 3 is 2.50 bits per heavy atom. The molecule has 1 aliphatic carbocycles. The van der Waals surface area contributed by atoms with Crippen LogP contribution in [0.4, 0.5) is 0 Å². The predicted octanol–water partition coefficient (Wildman–Crippen LogP) is 7.28. The Balaban J connectivity index is 1.98. The van der Waals surface area contributed by atoms with Crippen molar-refractivity contribution in [3.63, 3.8) is 0 Å². The number of amides is 1. The van der Waals surface area contributed by atoms with Gasteiger partial charge in [0, 0.05) is 20.0 Å². The summed E-state index contributed by atoms with van der Waals surface area (Å²) in [5, 5.41) is 0. The highest BCUT2D eigenvalue weighted by atomic mass is 79.9. The molecule has 0 radical (unpaired) electrons. The largest absolute Gasteiger partial charge is 0.309 e. The molecule has 2 nitrogen and oxygen atoms in total. The van der Waals surface area contributed by atoms with Crippen LogP contribution in [0.1, 0.15) is 31.2 Å². The number of halogens is 2. The van der Waals surface area contributed by atoms with Crippen LogP contribution >= 0.6 is 51.1 Å². The lowest BCUT2D eigenvalue weighted by atomic mass is 10.0. The Morgan fingerprint density at radius 2 is 1.79 bits per heavy atom. The quantitative estimate of drug-likeness (QED) is 0.376. The fourth-order valence-corrected chi connectivity index (χ4v) is 5.23. The summed E-state index contributed by atoms with van der Waals surface area (Å²) in [4.78, 5) is 17.6. The molecule has 1 atom stereocenters. The first-order chi connectivity index (χ1) is 13.6. The highest BCUT2D eigenvalue weighted by molar-refractivity contribution is 9.10. The summed E-state index contributed by atoms with van der Waals surface area (Å²) in [7, 11) is 0. The van der Waals surface area contributed by atoms with Crippen molar-refractivity contribution in [2.24, 2.45) is 0 Å². The summed E-state index contributed by atoms with van der Waals surface area (Å²) in [6.45, 7) is 0.526. The Bertz CT molecular complexity index is 843. The highest BCUT2D eigenvalue weighted by Gasteiger charge is 2.28. The normalized spacial score (nSPS) is 15.4. The van der Waals surface area contributed by atoms with Crippen molar-refractivity contribution in [2.75, 3.05) is 6.26 Å². The van der Waals surface area contributed by atoms with E-state index in [1.165, 1.54) is 21.6 Å². The number of nitrogens with zero attached hydrogens (tertiary/aromatic N) is 1. The van der Waals surface area contributed by atoms with Gasteiger partial charge in [0.2, 0.25) is 0 Å². The second-order valence-electron chi connectivity index (χ2n) is 6.56. The van der Waals surface area contributed by atoms with Gasteiger partial charge in [0.15, 0.2) is 4.71 Å². The molecule has 0 aliphatic heterocycles. The van der Waals surface area contributed by atoms with Gasteiger partial charge in [-0.15, -0.1) is 23.4 Å². The first kappa shape index (κ1) is 21.8. The van der Waals surface area contributed by atoms with E-state index in [1.807, 2.05) is 35.4 Å². The van der Waals surface area contributed by atoms with Crippen LogP contribution in [0.3, 0.4) is 0 Å². The molecule has 0 aromatic heterocycles. The third-order valence-electron chi connectivity index (χ3n) is 4.65. The molecule has 0 fully saturated rings. The molecule has 2 aromatic carbocycles. The molecule has 1 amide bonds. The monoisotopic (exact) mass is 495 g/mol. The van der Waals surface area contributed by atoms with Crippen LogP contribution in [0.25, 0.3) is 0 Å². The lowest BCUT2D eigenvalue weighted by molar-refractivity contribution is -0.128. The van der Waals surface area contributed by atoms with Crippen LogP contribution in [-0.2, 0) is 11.3 Å². The zero-order valence-electron chi connectivity index (χ0n) is 15.7. The maximum Gasteiger partial charge on any atom is 0.255 e. The molecule has 6 heteroatoms. The molecule has 0 spiro atoms. The maximum atomic E-state index is 13.2. The van der Waals surface area contributed by atoms with Gasteiger partial charge in [-0.05, 0) is 55.7 Å². The maximum absolute atomic E-state index is 13.2. The topological polar surface area (TPSA) is 20.3 Å². The van der Waals surface area contributed by atoms with Gasteiger partial charge in [-0.3, -0.25) is 4.79 Å². The minimum atomic E-state index is -0.583. The van der Waals surface area contributed by atoms with Gasteiger partial charge in [-0.1, -0.05) is 64.1 Å². The van der Waals surface area contributed by atoms with Gasteiger partial charge in [0.25, 0.3) is 5.91 Å². The van der Waals surface area contributed by atoms with Crippen LogP contribution in [-0.4, -0.2) is 21.8 Å². The number of benzene rings is 2. The van der Waals surface area contributed by atoms with Crippen LogP contribution in [0.2, 0.25) is 0 Å². The highest BCUT2D eigenvalue weighted by Crippen LogP contribution is 2.40. The summed E-state index contributed by atoms with van der Waals surface area (Å²) in [6.07, 6.45) is 6.04. The number of hydrogen-bond donors (Lipinski definition) is 0. The third-order valence-corrected chi connectivity index (χ3v) is 7.96. The molecule has 1 aliphatic rings. The van der Waals surface area contributed by atoms with E-state index in [2.05, 4.69) is 46.3 Å².